The highest BCUT2D eigenvalue weighted by Crippen LogP contribution is 2.48. The third kappa shape index (κ3) is 1.89. The molecule has 0 spiro atoms. The van der Waals surface area contributed by atoms with E-state index in [0.717, 1.165) is 0 Å². The van der Waals surface area contributed by atoms with Gasteiger partial charge in [-0.2, -0.15) is 0 Å². The highest BCUT2D eigenvalue weighted by molar-refractivity contribution is 5.25. The van der Waals surface area contributed by atoms with Crippen LogP contribution in [0.3, 0.4) is 0 Å². The Morgan fingerprint density at radius 2 is 1.88 bits per heavy atom. The topological polar surface area (TPSA) is 9.23 Å². The van der Waals surface area contributed by atoms with Crippen LogP contribution in [0.25, 0.3) is 0 Å². The number of rotatable bonds is 3. The highest BCUT2D eigenvalue weighted by Gasteiger charge is 2.50. The quantitative estimate of drug-likeness (QED) is 0.745. The van der Waals surface area contributed by atoms with Gasteiger partial charge in [-0.25, -0.2) is 0 Å². The molecule has 1 heteroatoms. The van der Waals surface area contributed by atoms with Crippen LogP contribution in [0.1, 0.15) is 39.7 Å². The van der Waals surface area contributed by atoms with Crippen molar-refractivity contribution in [1.29, 1.82) is 0 Å². The molecule has 1 saturated heterocycles. The molecule has 3 atom stereocenters. The van der Waals surface area contributed by atoms with E-state index >= 15 is 0 Å². The van der Waals surface area contributed by atoms with Crippen molar-refractivity contribution in [2.24, 2.45) is 11.8 Å². The minimum absolute atomic E-state index is 0.0686. The molecule has 88 valence electrons. The van der Waals surface area contributed by atoms with Crippen molar-refractivity contribution < 1.29 is 4.74 Å². The maximum atomic E-state index is 6.14. The minimum Gasteiger partial charge on any atom is -0.367 e. The van der Waals surface area contributed by atoms with E-state index in [0.29, 0.717) is 17.9 Å². The fraction of sp³-hybridized carbons (Fsp3) is 0.600. The Balaban J connectivity index is 2.08. The fourth-order valence-electron chi connectivity index (χ4n) is 2.62. The first-order chi connectivity index (χ1) is 7.54. The third-order valence-electron chi connectivity index (χ3n) is 3.87. The average molecular weight is 218 g/mol. The van der Waals surface area contributed by atoms with Gasteiger partial charge in [0, 0.05) is 5.92 Å². The van der Waals surface area contributed by atoms with E-state index in [4.69, 9.17) is 4.74 Å². The number of hydrogen-bond donors (Lipinski definition) is 0. The minimum atomic E-state index is -0.0686. The molecule has 1 aliphatic rings. The molecule has 2 rings (SSSR count). The molecule has 0 aliphatic carbocycles. The lowest BCUT2D eigenvalue weighted by molar-refractivity contribution is -0.257. The van der Waals surface area contributed by atoms with Gasteiger partial charge in [0.05, 0.1) is 11.7 Å². The molecule has 0 bridgehead atoms. The molecule has 1 fully saturated rings. The van der Waals surface area contributed by atoms with Crippen molar-refractivity contribution in [3.8, 4) is 0 Å². The summed E-state index contributed by atoms with van der Waals surface area (Å²) in [5.41, 5.74) is 1.24. The van der Waals surface area contributed by atoms with Gasteiger partial charge in [-0.05, 0) is 24.8 Å². The van der Waals surface area contributed by atoms with E-state index in [1.807, 2.05) is 0 Å². The zero-order valence-corrected chi connectivity index (χ0v) is 10.7. The van der Waals surface area contributed by atoms with Crippen LogP contribution in [0.15, 0.2) is 30.3 Å². The molecule has 1 nitrogen and oxygen atoms in total. The van der Waals surface area contributed by atoms with E-state index in [-0.39, 0.29) is 5.60 Å². The normalized spacial score (nSPS) is 33.8. The Bertz CT molecular complexity index is 344. The average Bonchev–Trinajstić information content (AvgIpc) is 2.28. The van der Waals surface area contributed by atoms with Crippen LogP contribution in [0.2, 0.25) is 0 Å². The highest BCUT2D eigenvalue weighted by atomic mass is 16.5. The maximum absolute atomic E-state index is 6.14. The maximum Gasteiger partial charge on any atom is 0.0957 e. The number of benzene rings is 1. The third-order valence-corrected chi connectivity index (χ3v) is 3.87. The molecule has 3 unspecified atom stereocenters. The molecule has 1 aliphatic heterocycles. The zero-order chi connectivity index (χ0) is 11.8. The molecule has 0 saturated carbocycles. The summed E-state index contributed by atoms with van der Waals surface area (Å²) >= 11 is 0. The zero-order valence-electron chi connectivity index (χ0n) is 10.7. The Morgan fingerprint density at radius 3 is 2.38 bits per heavy atom. The standard InChI is InChI=1S/C15H22O/c1-11(2)10-14-12(3)15(4,16-14)13-8-6-5-7-9-13/h5-9,11-12,14H,10H2,1-4H3. The Morgan fingerprint density at radius 1 is 1.25 bits per heavy atom. The summed E-state index contributed by atoms with van der Waals surface area (Å²) in [6.07, 6.45) is 1.61. The van der Waals surface area contributed by atoms with E-state index in [1.54, 1.807) is 0 Å². The van der Waals surface area contributed by atoms with Gasteiger partial charge in [0.2, 0.25) is 0 Å². The largest absolute Gasteiger partial charge is 0.367 e. The van der Waals surface area contributed by atoms with Gasteiger partial charge in [0.25, 0.3) is 0 Å². The summed E-state index contributed by atoms with van der Waals surface area (Å²) in [5.74, 6) is 1.32. The van der Waals surface area contributed by atoms with Crippen LogP contribution >= 0.6 is 0 Å². The molecule has 1 aromatic carbocycles. The summed E-state index contributed by atoms with van der Waals surface area (Å²) in [7, 11) is 0. The van der Waals surface area contributed by atoms with Gasteiger partial charge in [-0.1, -0.05) is 51.1 Å². The second-order valence-electron chi connectivity index (χ2n) is 5.55. The number of ether oxygens (including phenoxy) is 1. The van der Waals surface area contributed by atoms with E-state index in [2.05, 4.69) is 58.0 Å². The lowest BCUT2D eigenvalue weighted by atomic mass is 9.73. The van der Waals surface area contributed by atoms with Crippen LogP contribution in [0.4, 0.5) is 0 Å². The van der Waals surface area contributed by atoms with Crippen LogP contribution in [0, 0.1) is 11.8 Å². The first-order valence-electron chi connectivity index (χ1n) is 6.27. The van der Waals surface area contributed by atoms with Gasteiger partial charge in [-0.15, -0.1) is 0 Å². The van der Waals surface area contributed by atoms with Gasteiger partial charge in [-0.3, -0.25) is 0 Å². The summed E-state index contributed by atoms with van der Waals surface area (Å²) in [5, 5.41) is 0. The molecule has 1 heterocycles. The first kappa shape index (κ1) is 11.7. The van der Waals surface area contributed by atoms with E-state index < -0.39 is 0 Å². The lowest BCUT2D eigenvalue weighted by Gasteiger charge is -2.53. The molecule has 0 amide bonds. The van der Waals surface area contributed by atoms with Crippen molar-refractivity contribution in [3.05, 3.63) is 35.9 Å². The Labute approximate surface area is 98.8 Å². The lowest BCUT2D eigenvalue weighted by Crippen LogP contribution is -2.54. The van der Waals surface area contributed by atoms with Crippen molar-refractivity contribution in [1.82, 2.24) is 0 Å². The predicted molar refractivity (Wildman–Crippen MR) is 67.3 cm³/mol. The monoisotopic (exact) mass is 218 g/mol. The molecule has 0 N–H and O–H groups in total. The van der Waals surface area contributed by atoms with Crippen LogP contribution in [-0.4, -0.2) is 6.10 Å². The summed E-state index contributed by atoms with van der Waals surface area (Å²) in [6, 6.07) is 10.6. The second kappa shape index (κ2) is 4.21. The van der Waals surface area contributed by atoms with Crippen LogP contribution < -0.4 is 0 Å². The summed E-state index contributed by atoms with van der Waals surface area (Å²) < 4.78 is 6.14. The predicted octanol–water partition coefficient (Wildman–Crippen LogP) is 3.98. The van der Waals surface area contributed by atoms with Gasteiger partial charge < -0.3 is 4.74 Å². The molecule has 1 aromatic rings. The smallest absolute Gasteiger partial charge is 0.0957 e. The fourth-order valence-corrected chi connectivity index (χ4v) is 2.62. The van der Waals surface area contributed by atoms with Crippen molar-refractivity contribution in [2.75, 3.05) is 0 Å². The Kier molecular flexibility index (Phi) is 3.07. The molecular formula is C15H22O. The summed E-state index contributed by atoms with van der Waals surface area (Å²) in [4.78, 5) is 0. The van der Waals surface area contributed by atoms with Crippen LogP contribution in [0.5, 0.6) is 0 Å². The van der Waals surface area contributed by atoms with Crippen molar-refractivity contribution in [3.63, 3.8) is 0 Å². The molecule has 0 radical (unpaired) electrons. The van der Waals surface area contributed by atoms with E-state index in [1.165, 1.54) is 12.0 Å². The van der Waals surface area contributed by atoms with Gasteiger partial charge in [0.1, 0.15) is 0 Å². The van der Waals surface area contributed by atoms with Crippen LogP contribution in [-0.2, 0) is 10.3 Å². The van der Waals surface area contributed by atoms with Crippen molar-refractivity contribution in [2.45, 2.75) is 45.8 Å². The van der Waals surface area contributed by atoms with Crippen molar-refractivity contribution >= 4 is 0 Å². The van der Waals surface area contributed by atoms with Gasteiger partial charge in [0.15, 0.2) is 0 Å². The SMILES string of the molecule is CC(C)CC1OC(C)(c2ccccc2)C1C. The molecule has 16 heavy (non-hydrogen) atoms. The van der Waals surface area contributed by atoms with Gasteiger partial charge >= 0.3 is 0 Å². The molecular weight excluding hydrogens is 196 g/mol. The second-order valence-corrected chi connectivity index (χ2v) is 5.55. The first-order valence-corrected chi connectivity index (χ1v) is 6.27. The molecule has 0 aromatic heterocycles. The number of hydrogen-bond acceptors (Lipinski definition) is 1. The summed E-state index contributed by atoms with van der Waals surface area (Å²) in [6.45, 7) is 9.04. The Hall–Kier alpha value is -0.820. The van der Waals surface area contributed by atoms with E-state index in [9.17, 15) is 0 Å².